The Bertz CT molecular complexity index is 739. The summed E-state index contributed by atoms with van der Waals surface area (Å²) in [6.07, 6.45) is 0. The molecule has 2 aromatic carbocycles. The number of nitrogens with one attached hydrogen (secondary N) is 1. The number of halogens is 3. The van der Waals surface area contributed by atoms with Crippen LogP contribution in [0.5, 0.6) is 0 Å². The summed E-state index contributed by atoms with van der Waals surface area (Å²) in [7, 11) is 0. The minimum atomic E-state index is -0.646. The summed E-state index contributed by atoms with van der Waals surface area (Å²) < 4.78 is 14.2. The third kappa shape index (κ3) is 3.78. The van der Waals surface area contributed by atoms with Gasteiger partial charge in [-0.15, -0.1) is 0 Å². The Kier molecular flexibility index (Phi) is 4.92. The molecule has 0 aliphatic carbocycles. The van der Waals surface area contributed by atoms with E-state index in [1.54, 1.807) is 18.2 Å². The van der Waals surface area contributed by atoms with Crippen molar-refractivity contribution in [2.24, 2.45) is 5.73 Å². The quantitative estimate of drug-likeness (QED) is 0.779. The number of carbonyl (C=O) groups is 1. The fraction of sp³-hybridized carbons (Fsp3) is 0. The molecule has 0 spiro atoms. The molecule has 0 aromatic heterocycles. The number of nitrogens with two attached hydrogens (primary N) is 1. The number of rotatable bonds is 3. The van der Waals surface area contributed by atoms with E-state index < -0.39 is 11.7 Å². The maximum absolute atomic E-state index is 13.6. The minimum absolute atomic E-state index is 0.132. The van der Waals surface area contributed by atoms with Crippen LogP contribution in [0.3, 0.4) is 0 Å². The van der Waals surface area contributed by atoms with Crippen molar-refractivity contribution in [2.75, 3.05) is 5.32 Å². The van der Waals surface area contributed by atoms with Crippen LogP contribution in [-0.2, 0) is 0 Å². The maximum Gasteiger partial charge on any atom is 0.258 e. The van der Waals surface area contributed by atoms with Crippen LogP contribution in [0.2, 0.25) is 5.02 Å². The van der Waals surface area contributed by atoms with E-state index in [1.165, 1.54) is 12.1 Å². The van der Waals surface area contributed by atoms with E-state index in [-0.39, 0.29) is 15.6 Å². The van der Waals surface area contributed by atoms with Gasteiger partial charge in [0.15, 0.2) is 0 Å². The van der Waals surface area contributed by atoms with Crippen LogP contribution in [0, 0.1) is 5.82 Å². The third-order valence-electron chi connectivity index (χ3n) is 2.67. The van der Waals surface area contributed by atoms with Crippen molar-refractivity contribution in [2.45, 2.75) is 0 Å². The molecule has 0 saturated heterocycles. The van der Waals surface area contributed by atoms with Crippen LogP contribution in [0.15, 0.2) is 40.9 Å². The number of carbonyl (C=O) groups excluding carboxylic acids is 1. The SMILES string of the molecule is NC(=S)c1ccc(NC(=O)c2cc(Cl)ccc2F)c(Br)c1. The Morgan fingerprint density at radius 1 is 1.29 bits per heavy atom. The van der Waals surface area contributed by atoms with Crippen LogP contribution >= 0.6 is 39.7 Å². The number of thiocarbonyl (C=S) groups is 1. The molecular weight excluding hydrogens is 379 g/mol. The van der Waals surface area contributed by atoms with Gasteiger partial charge in [0.05, 0.1) is 11.3 Å². The van der Waals surface area contributed by atoms with Crippen molar-refractivity contribution in [1.82, 2.24) is 0 Å². The third-order valence-corrected chi connectivity index (χ3v) is 3.80. The van der Waals surface area contributed by atoms with Gasteiger partial charge in [-0.25, -0.2) is 4.39 Å². The van der Waals surface area contributed by atoms with Crippen LogP contribution in [0.1, 0.15) is 15.9 Å². The molecule has 2 rings (SSSR count). The van der Waals surface area contributed by atoms with Crippen molar-refractivity contribution in [3.63, 3.8) is 0 Å². The summed E-state index contributed by atoms with van der Waals surface area (Å²) in [5.74, 6) is -1.24. The lowest BCUT2D eigenvalue weighted by Crippen LogP contribution is -2.15. The standard InChI is InChI=1S/C14H9BrClFN2OS/c15-10-5-7(13(18)21)1-4-12(10)19-14(20)9-6-8(16)2-3-11(9)17/h1-6H,(H2,18,21)(H,19,20). The topological polar surface area (TPSA) is 55.1 Å². The molecule has 0 aliphatic heterocycles. The molecule has 1 amide bonds. The van der Waals surface area contributed by atoms with E-state index in [4.69, 9.17) is 29.6 Å². The second-order valence-electron chi connectivity index (χ2n) is 4.14. The van der Waals surface area contributed by atoms with Gasteiger partial charge in [0.1, 0.15) is 10.8 Å². The van der Waals surface area contributed by atoms with E-state index in [2.05, 4.69) is 21.2 Å². The van der Waals surface area contributed by atoms with Crippen molar-refractivity contribution in [1.29, 1.82) is 0 Å². The first-order valence-corrected chi connectivity index (χ1v) is 7.32. The Labute approximate surface area is 139 Å². The molecular formula is C14H9BrClFN2OS. The Hall–Kier alpha value is -1.50. The van der Waals surface area contributed by atoms with E-state index in [0.717, 1.165) is 6.07 Å². The Morgan fingerprint density at radius 3 is 2.62 bits per heavy atom. The smallest absolute Gasteiger partial charge is 0.258 e. The molecule has 7 heteroatoms. The van der Waals surface area contributed by atoms with Gasteiger partial charge < -0.3 is 11.1 Å². The predicted octanol–water partition coefficient (Wildman–Crippen LogP) is 4.13. The molecule has 0 atom stereocenters. The number of hydrogen-bond acceptors (Lipinski definition) is 2. The van der Waals surface area contributed by atoms with Gasteiger partial charge >= 0.3 is 0 Å². The van der Waals surface area contributed by atoms with Crippen LogP contribution in [0.4, 0.5) is 10.1 Å². The van der Waals surface area contributed by atoms with Crippen LogP contribution in [-0.4, -0.2) is 10.9 Å². The average Bonchev–Trinajstić information content (AvgIpc) is 2.43. The normalized spacial score (nSPS) is 10.2. The first-order chi connectivity index (χ1) is 9.88. The molecule has 0 heterocycles. The van der Waals surface area contributed by atoms with Crippen molar-refractivity contribution in [3.8, 4) is 0 Å². The first kappa shape index (κ1) is 15.9. The summed E-state index contributed by atoms with van der Waals surface area (Å²) in [6.45, 7) is 0. The first-order valence-electron chi connectivity index (χ1n) is 5.74. The van der Waals surface area contributed by atoms with Crippen molar-refractivity contribution in [3.05, 3.63) is 62.8 Å². The number of amides is 1. The highest BCUT2D eigenvalue weighted by Crippen LogP contribution is 2.25. The maximum atomic E-state index is 13.6. The molecule has 0 unspecified atom stereocenters. The van der Waals surface area contributed by atoms with Gasteiger partial charge in [-0.3, -0.25) is 4.79 Å². The predicted molar refractivity (Wildman–Crippen MR) is 89.4 cm³/mol. The second-order valence-corrected chi connectivity index (χ2v) is 5.87. The minimum Gasteiger partial charge on any atom is -0.389 e. The van der Waals surface area contributed by atoms with Gasteiger partial charge in [-0.05, 0) is 52.3 Å². The van der Waals surface area contributed by atoms with E-state index >= 15 is 0 Å². The molecule has 21 heavy (non-hydrogen) atoms. The van der Waals surface area contributed by atoms with Gasteiger partial charge in [0.25, 0.3) is 5.91 Å². The van der Waals surface area contributed by atoms with Crippen molar-refractivity contribution < 1.29 is 9.18 Å². The van der Waals surface area contributed by atoms with Gasteiger partial charge in [-0.2, -0.15) is 0 Å². The summed E-state index contributed by atoms with van der Waals surface area (Å²) in [4.78, 5) is 12.3. The number of anilines is 1. The summed E-state index contributed by atoms with van der Waals surface area (Å²) in [6, 6.07) is 8.74. The molecule has 3 nitrogen and oxygen atoms in total. The summed E-state index contributed by atoms with van der Waals surface area (Å²) in [5, 5.41) is 2.87. The van der Waals surface area contributed by atoms with E-state index in [9.17, 15) is 9.18 Å². The molecule has 0 aliphatic rings. The highest BCUT2D eigenvalue weighted by molar-refractivity contribution is 9.10. The zero-order chi connectivity index (χ0) is 15.6. The highest BCUT2D eigenvalue weighted by atomic mass is 79.9. The Morgan fingerprint density at radius 2 is 2.00 bits per heavy atom. The van der Waals surface area contributed by atoms with Crippen LogP contribution < -0.4 is 11.1 Å². The summed E-state index contributed by atoms with van der Waals surface area (Å²) >= 11 is 13.9. The van der Waals surface area contributed by atoms with Gasteiger partial charge in [0.2, 0.25) is 0 Å². The molecule has 0 bridgehead atoms. The fourth-order valence-electron chi connectivity index (χ4n) is 1.63. The van der Waals surface area contributed by atoms with Crippen LogP contribution in [0.25, 0.3) is 0 Å². The van der Waals surface area contributed by atoms with Crippen molar-refractivity contribution >= 4 is 56.3 Å². The zero-order valence-electron chi connectivity index (χ0n) is 10.5. The molecule has 0 saturated carbocycles. The second kappa shape index (κ2) is 6.51. The lowest BCUT2D eigenvalue weighted by molar-refractivity contribution is 0.102. The molecule has 3 N–H and O–H groups in total. The highest BCUT2D eigenvalue weighted by Gasteiger charge is 2.14. The zero-order valence-corrected chi connectivity index (χ0v) is 13.7. The molecule has 0 fully saturated rings. The number of benzene rings is 2. The lowest BCUT2D eigenvalue weighted by atomic mass is 10.1. The number of hydrogen-bond donors (Lipinski definition) is 2. The Balaban J connectivity index is 2.27. The van der Waals surface area contributed by atoms with E-state index in [1.807, 2.05) is 0 Å². The molecule has 2 aromatic rings. The fourth-order valence-corrected chi connectivity index (χ4v) is 2.41. The van der Waals surface area contributed by atoms with E-state index in [0.29, 0.717) is 15.7 Å². The largest absolute Gasteiger partial charge is 0.389 e. The molecule has 108 valence electrons. The van der Waals surface area contributed by atoms with Gasteiger partial charge in [0, 0.05) is 15.1 Å². The molecule has 0 radical (unpaired) electrons. The van der Waals surface area contributed by atoms with Gasteiger partial charge in [-0.1, -0.05) is 23.8 Å². The average molecular weight is 388 g/mol. The lowest BCUT2D eigenvalue weighted by Gasteiger charge is -2.09. The monoisotopic (exact) mass is 386 g/mol. The summed E-state index contributed by atoms with van der Waals surface area (Å²) in [5.41, 5.74) is 6.52.